The summed E-state index contributed by atoms with van der Waals surface area (Å²) >= 11 is 0. The SMILES string of the molecule is CC(C)CC(CNC(=O)OCC1c2ccccc2-c2ccccc21)C(=O)N(CC(=O)O)Cc1ccccc1. The molecule has 0 bridgehead atoms. The second-order valence-electron chi connectivity index (χ2n) is 10.1. The highest BCUT2D eigenvalue weighted by atomic mass is 16.5. The van der Waals surface area contributed by atoms with Crippen molar-refractivity contribution in [2.75, 3.05) is 19.7 Å². The molecule has 0 heterocycles. The molecule has 0 spiro atoms. The number of aliphatic carboxylic acids is 1. The maximum Gasteiger partial charge on any atom is 0.407 e. The van der Waals surface area contributed by atoms with Crippen molar-refractivity contribution in [1.82, 2.24) is 10.2 Å². The highest BCUT2D eigenvalue weighted by Gasteiger charge is 2.30. The first-order valence-electron chi connectivity index (χ1n) is 13.0. The van der Waals surface area contributed by atoms with Gasteiger partial charge in [-0.3, -0.25) is 9.59 Å². The van der Waals surface area contributed by atoms with Crippen LogP contribution in [0, 0.1) is 11.8 Å². The van der Waals surface area contributed by atoms with Gasteiger partial charge in [-0.2, -0.15) is 0 Å². The fraction of sp³-hybridized carbons (Fsp3) is 0.323. The standard InChI is InChI=1S/C31H34N2O5/c1-21(2)16-23(30(36)33(19-29(34)35)18-22-10-4-3-5-11-22)17-32-31(37)38-20-28-26-14-8-6-12-24(26)25-13-7-9-15-27(25)28/h3-15,21,23,28H,16-20H2,1-2H3,(H,32,37)(H,34,35). The smallest absolute Gasteiger partial charge is 0.407 e. The Kier molecular flexibility index (Phi) is 8.79. The van der Waals surface area contributed by atoms with Crippen molar-refractivity contribution in [2.24, 2.45) is 11.8 Å². The molecule has 0 saturated heterocycles. The van der Waals surface area contributed by atoms with Crippen molar-refractivity contribution in [3.05, 3.63) is 95.6 Å². The van der Waals surface area contributed by atoms with E-state index in [9.17, 15) is 19.5 Å². The summed E-state index contributed by atoms with van der Waals surface area (Å²) in [6, 6.07) is 25.5. The van der Waals surface area contributed by atoms with Crippen LogP contribution in [0.5, 0.6) is 0 Å². The quantitative estimate of drug-likeness (QED) is 0.362. The Bertz CT molecular complexity index is 1230. The van der Waals surface area contributed by atoms with Crippen LogP contribution in [0.3, 0.4) is 0 Å². The van der Waals surface area contributed by atoms with E-state index < -0.39 is 24.5 Å². The Balaban J connectivity index is 1.40. The maximum atomic E-state index is 13.4. The summed E-state index contributed by atoms with van der Waals surface area (Å²) in [4.78, 5) is 39.0. The molecular weight excluding hydrogens is 480 g/mol. The molecule has 1 unspecified atom stereocenters. The van der Waals surface area contributed by atoms with Crippen LogP contribution in [0.15, 0.2) is 78.9 Å². The van der Waals surface area contributed by atoms with E-state index in [-0.39, 0.29) is 37.4 Å². The van der Waals surface area contributed by atoms with Gasteiger partial charge in [-0.25, -0.2) is 4.79 Å². The summed E-state index contributed by atoms with van der Waals surface area (Å²) in [7, 11) is 0. The molecule has 3 aromatic carbocycles. The Morgan fingerprint density at radius 2 is 1.47 bits per heavy atom. The molecular formula is C31H34N2O5. The van der Waals surface area contributed by atoms with Gasteiger partial charge in [0.2, 0.25) is 5.91 Å². The maximum absolute atomic E-state index is 13.4. The zero-order chi connectivity index (χ0) is 27.1. The molecule has 0 fully saturated rings. The van der Waals surface area contributed by atoms with Crippen LogP contribution in [-0.2, 0) is 20.9 Å². The van der Waals surface area contributed by atoms with E-state index in [1.165, 1.54) is 4.90 Å². The van der Waals surface area contributed by atoms with E-state index in [1.807, 2.05) is 68.4 Å². The van der Waals surface area contributed by atoms with E-state index in [4.69, 9.17) is 4.74 Å². The lowest BCUT2D eigenvalue weighted by molar-refractivity contribution is -0.147. The minimum atomic E-state index is -1.08. The number of hydrogen-bond donors (Lipinski definition) is 2. The lowest BCUT2D eigenvalue weighted by atomic mass is 9.95. The molecule has 1 aliphatic carbocycles. The van der Waals surface area contributed by atoms with E-state index in [0.29, 0.717) is 6.42 Å². The predicted octanol–water partition coefficient (Wildman–Crippen LogP) is 5.30. The largest absolute Gasteiger partial charge is 0.480 e. The van der Waals surface area contributed by atoms with Gasteiger partial charge in [-0.05, 0) is 40.2 Å². The highest BCUT2D eigenvalue weighted by Crippen LogP contribution is 2.44. The zero-order valence-electron chi connectivity index (χ0n) is 21.8. The van der Waals surface area contributed by atoms with E-state index in [1.54, 1.807) is 0 Å². The fourth-order valence-electron chi connectivity index (χ4n) is 5.13. The summed E-state index contributed by atoms with van der Waals surface area (Å²) in [6.45, 7) is 4.01. The van der Waals surface area contributed by atoms with Crippen LogP contribution in [0.1, 0.15) is 42.9 Å². The number of nitrogens with one attached hydrogen (secondary N) is 1. The minimum absolute atomic E-state index is 0.0572. The number of hydrogen-bond acceptors (Lipinski definition) is 4. The topological polar surface area (TPSA) is 95.9 Å². The number of ether oxygens (including phenoxy) is 1. The molecule has 38 heavy (non-hydrogen) atoms. The van der Waals surface area contributed by atoms with Gasteiger partial charge in [-0.1, -0.05) is 92.7 Å². The van der Waals surface area contributed by atoms with Gasteiger partial charge in [0.25, 0.3) is 0 Å². The number of amides is 2. The highest BCUT2D eigenvalue weighted by molar-refractivity contribution is 5.84. The number of carbonyl (C=O) groups is 3. The molecule has 1 aliphatic rings. The van der Waals surface area contributed by atoms with Crippen LogP contribution in [0.4, 0.5) is 4.79 Å². The molecule has 3 aromatic rings. The predicted molar refractivity (Wildman–Crippen MR) is 146 cm³/mol. The van der Waals surface area contributed by atoms with Crippen molar-refractivity contribution < 1.29 is 24.2 Å². The van der Waals surface area contributed by atoms with E-state index in [2.05, 4.69) is 29.6 Å². The molecule has 2 amide bonds. The average molecular weight is 515 g/mol. The van der Waals surface area contributed by atoms with Gasteiger partial charge < -0.3 is 20.1 Å². The third kappa shape index (κ3) is 6.59. The molecule has 0 radical (unpaired) electrons. The van der Waals surface area contributed by atoms with Crippen LogP contribution in [0.2, 0.25) is 0 Å². The monoisotopic (exact) mass is 514 g/mol. The fourth-order valence-corrected chi connectivity index (χ4v) is 5.13. The third-order valence-electron chi connectivity index (χ3n) is 6.80. The van der Waals surface area contributed by atoms with Gasteiger partial charge in [0, 0.05) is 19.0 Å². The number of alkyl carbamates (subject to hydrolysis) is 1. The Morgan fingerprint density at radius 3 is 2.05 bits per heavy atom. The molecule has 7 nitrogen and oxygen atoms in total. The number of carbonyl (C=O) groups excluding carboxylic acids is 2. The minimum Gasteiger partial charge on any atom is -0.480 e. The number of carboxylic acid groups (broad SMARTS) is 1. The lowest BCUT2D eigenvalue weighted by Gasteiger charge is -2.27. The number of nitrogens with zero attached hydrogens (tertiary/aromatic N) is 1. The van der Waals surface area contributed by atoms with E-state index >= 15 is 0 Å². The molecule has 7 heteroatoms. The van der Waals surface area contributed by atoms with Gasteiger partial charge >= 0.3 is 12.1 Å². The molecule has 0 saturated carbocycles. The van der Waals surface area contributed by atoms with Crippen LogP contribution in [-0.4, -0.2) is 47.7 Å². The Labute approximate surface area is 223 Å². The molecule has 4 rings (SSSR count). The van der Waals surface area contributed by atoms with Gasteiger partial charge in [0.1, 0.15) is 13.2 Å². The number of carboxylic acids is 1. The van der Waals surface area contributed by atoms with Crippen molar-refractivity contribution in [3.63, 3.8) is 0 Å². The second-order valence-corrected chi connectivity index (χ2v) is 10.1. The van der Waals surface area contributed by atoms with Crippen molar-refractivity contribution in [2.45, 2.75) is 32.7 Å². The summed E-state index contributed by atoms with van der Waals surface area (Å²) in [5.41, 5.74) is 5.39. The van der Waals surface area contributed by atoms with Crippen LogP contribution >= 0.6 is 0 Å². The van der Waals surface area contributed by atoms with Crippen LogP contribution in [0.25, 0.3) is 11.1 Å². The third-order valence-corrected chi connectivity index (χ3v) is 6.80. The summed E-state index contributed by atoms with van der Waals surface area (Å²) in [6.07, 6.45) is -0.0887. The number of benzene rings is 3. The molecule has 2 N–H and O–H groups in total. The lowest BCUT2D eigenvalue weighted by Crippen LogP contribution is -2.44. The molecule has 0 aliphatic heterocycles. The van der Waals surface area contributed by atoms with Crippen molar-refractivity contribution in [1.29, 1.82) is 0 Å². The van der Waals surface area contributed by atoms with Gasteiger partial charge in [0.15, 0.2) is 0 Å². The zero-order valence-corrected chi connectivity index (χ0v) is 21.8. The first-order valence-corrected chi connectivity index (χ1v) is 13.0. The Morgan fingerprint density at radius 1 is 0.895 bits per heavy atom. The van der Waals surface area contributed by atoms with Gasteiger partial charge in [0.05, 0.1) is 5.92 Å². The normalized spacial score (nSPS) is 12.9. The first kappa shape index (κ1) is 26.9. The summed E-state index contributed by atoms with van der Waals surface area (Å²) in [5.74, 6) is -1.83. The van der Waals surface area contributed by atoms with Crippen molar-refractivity contribution in [3.8, 4) is 11.1 Å². The summed E-state index contributed by atoms with van der Waals surface area (Å²) < 4.78 is 5.63. The number of fused-ring (bicyclic) bond motifs is 3. The first-order chi connectivity index (χ1) is 18.3. The second kappa shape index (κ2) is 12.4. The van der Waals surface area contributed by atoms with E-state index in [0.717, 1.165) is 27.8 Å². The Hall–Kier alpha value is -4.13. The molecule has 198 valence electrons. The van der Waals surface area contributed by atoms with Gasteiger partial charge in [-0.15, -0.1) is 0 Å². The molecule has 1 atom stereocenters. The number of rotatable bonds is 11. The van der Waals surface area contributed by atoms with Crippen molar-refractivity contribution >= 4 is 18.0 Å². The summed E-state index contributed by atoms with van der Waals surface area (Å²) in [5, 5.41) is 12.2. The van der Waals surface area contributed by atoms with Crippen LogP contribution < -0.4 is 5.32 Å². The average Bonchev–Trinajstić information content (AvgIpc) is 3.23. The molecule has 0 aromatic heterocycles.